The number of hydrogen-bond acceptors (Lipinski definition) is 3. The number of amides is 1. The van der Waals surface area contributed by atoms with Gasteiger partial charge in [0.05, 0.1) is 0 Å². The van der Waals surface area contributed by atoms with Gasteiger partial charge in [-0.2, -0.15) is 0 Å². The number of anilines is 1. The van der Waals surface area contributed by atoms with Crippen molar-refractivity contribution in [2.75, 3.05) is 4.90 Å². The lowest BCUT2D eigenvalue weighted by Crippen LogP contribution is -2.35. The van der Waals surface area contributed by atoms with Gasteiger partial charge in [-0.1, -0.05) is 18.2 Å². The molecule has 0 bridgehead atoms. The van der Waals surface area contributed by atoms with E-state index < -0.39 is 20.7 Å². The molecular formula is C16H15FN2O3S. The van der Waals surface area contributed by atoms with E-state index in [0.29, 0.717) is 0 Å². The van der Waals surface area contributed by atoms with Crippen LogP contribution in [0.5, 0.6) is 0 Å². The van der Waals surface area contributed by atoms with Crippen molar-refractivity contribution in [2.45, 2.75) is 24.3 Å². The van der Waals surface area contributed by atoms with Crippen molar-refractivity contribution in [1.29, 1.82) is 0 Å². The van der Waals surface area contributed by atoms with E-state index in [1.807, 2.05) is 31.2 Å². The summed E-state index contributed by atoms with van der Waals surface area (Å²) in [5, 5.41) is 4.93. The number of nitrogens with two attached hydrogens (primary N) is 1. The Kier molecular flexibility index (Phi) is 3.69. The standard InChI is InChI=1S/C16H15FN2O3S/c1-10-8-11-4-2-3-5-14(11)19(10)16(20)12-6-7-15(13(17)9-12)23(18,21)22/h2-7,9-10H,8H2,1H3,(H2,18,21,22)/t10-/m0/s1. The lowest BCUT2D eigenvalue weighted by Gasteiger charge is -2.23. The fraction of sp³-hybridized carbons (Fsp3) is 0.188. The zero-order valence-electron chi connectivity index (χ0n) is 12.4. The fourth-order valence-corrected chi connectivity index (χ4v) is 3.47. The van der Waals surface area contributed by atoms with Crippen molar-refractivity contribution in [3.05, 3.63) is 59.4 Å². The average Bonchev–Trinajstić information content (AvgIpc) is 2.80. The zero-order valence-corrected chi connectivity index (χ0v) is 13.2. The molecule has 0 radical (unpaired) electrons. The second kappa shape index (κ2) is 5.43. The van der Waals surface area contributed by atoms with Crippen LogP contribution in [0, 0.1) is 5.82 Å². The lowest BCUT2D eigenvalue weighted by atomic mass is 10.1. The van der Waals surface area contributed by atoms with Gasteiger partial charge in [0.15, 0.2) is 0 Å². The maximum Gasteiger partial charge on any atom is 0.258 e. The molecule has 2 aromatic rings. The van der Waals surface area contributed by atoms with Crippen molar-refractivity contribution < 1.29 is 17.6 Å². The molecular weight excluding hydrogens is 319 g/mol. The molecule has 1 amide bonds. The Labute approximate surface area is 133 Å². The summed E-state index contributed by atoms with van der Waals surface area (Å²) in [5.74, 6) is -1.40. The zero-order chi connectivity index (χ0) is 16.8. The van der Waals surface area contributed by atoms with Gasteiger partial charge >= 0.3 is 0 Å². The number of benzene rings is 2. The third-order valence-corrected chi connectivity index (χ3v) is 4.86. The van der Waals surface area contributed by atoms with Crippen molar-refractivity contribution in [3.8, 4) is 0 Å². The largest absolute Gasteiger partial charge is 0.305 e. The SMILES string of the molecule is C[C@H]1Cc2ccccc2N1C(=O)c1ccc(S(N)(=O)=O)c(F)c1. The molecule has 0 aromatic heterocycles. The topological polar surface area (TPSA) is 80.5 Å². The molecule has 0 spiro atoms. The van der Waals surface area contributed by atoms with Gasteiger partial charge in [0.1, 0.15) is 10.7 Å². The van der Waals surface area contributed by atoms with Crippen LogP contribution < -0.4 is 10.0 Å². The van der Waals surface area contributed by atoms with Gasteiger partial charge in [0, 0.05) is 17.3 Å². The van der Waals surface area contributed by atoms with Crippen molar-refractivity contribution in [2.24, 2.45) is 5.14 Å². The molecule has 1 heterocycles. The van der Waals surface area contributed by atoms with E-state index in [2.05, 4.69) is 0 Å². The summed E-state index contributed by atoms with van der Waals surface area (Å²) in [4.78, 5) is 13.7. The summed E-state index contributed by atoms with van der Waals surface area (Å²) in [5.41, 5.74) is 1.93. The maximum atomic E-state index is 14.0. The fourth-order valence-electron chi connectivity index (χ4n) is 2.88. The summed E-state index contributed by atoms with van der Waals surface area (Å²) in [6.45, 7) is 1.91. The van der Waals surface area contributed by atoms with Gasteiger partial charge < -0.3 is 4.90 Å². The highest BCUT2D eigenvalue weighted by atomic mass is 32.2. The van der Waals surface area contributed by atoms with Crippen LogP contribution in [0.2, 0.25) is 0 Å². The average molecular weight is 334 g/mol. The number of rotatable bonds is 2. The highest BCUT2D eigenvalue weighted by Gasteiger charge is 2.31. The summed E-state index contributed by atoms with van der Waals surface area (Å²) >= 11 is 0. The molecule has 1 aliphatic rings. The van der Waals surface area contributed by atoms with Crippen LogP contribution in [0.1, 0.15) is 22.8 Å². The summed E-state index contributed by atoms with van der Waals surface area (Å²) in [7, 11) is -4.15. The smallest absolute Gasteiger partial charge is 0.258 e. The van der Waals surface area contributed by atoms with Crippen molar-refractivity contribution in [1.82, 2.24) is 0 Å². The van der Waals surface area contributed by atoms with E-state index >= 15 is 0 Å². The number of sulfonamides is 1. The third kappa shape index (κ3) is 2.73. The molecule has 120 valence electrons. The minimum atomic E-state index is -4.15. The quantitative estimate of drug-likeness (QED) is 0.913. The van der Waals surface area contributed by atoms with Crippen LogP contribution in [-0.2, 0) is 16.4 Å². The molecule has 7 heteroatoms. The predicted molar refractivity (Wildman–Crippen MR) is 84.2 cm³/mol. The van der Waals surface area contributed by atoms with E-state index in [1.165, 1.54) is 6.07 Å². The highest BCUT2D eigenvalue weighted by molar-refractivity contribution is 7.89. The minimum Gasteiger partial charge on any atom is -0.305 e. The molecule has 0 saturated heterocycles. The lowest BCUT2D eigenvalue weighted by molar-refractivity contribution is 0.0981. The van der Waals surface area contributed by atoms with Gasteiger partial charge in [0.25, 0.3) is 5.91 Å². The number of fused-ring (bicyclic) bond motifs is 1. The van der Waals surface area contributed by atoms with Crippen LogP contribution in [0.25, 0.3) is 0 Å². The minimum absolute atomic E-state index is 0.0547. The normalized spacial score (nSPS) is 17.2. The van der Waals surface area contributed by atoms with Gasteiger partial charge in [-0.25, -0.2) is 17.9 Å². The number of hydrogen-bond donors (Lipinski definition) is 1. The first-order valence-corrected chi connectivity index (χ1v) is 8.57. The first-order valence-electron chi connectivity index (χ1n) is 7.03. The van der Waals surface area contributed by atoms with Crippen LogP contribution in [0.4, 0.5) is 10.1 Å². The molecule has 3 rings (SSSR count). The van der Waals surface area contributed by atoms with E-state index in [4.69, 9.17) is 5.14 Å². The molecule has 1 aliphatic heterocycles. The Hall–Kier alpha value is -2.25. The molecule has 23 heavy (non-hydrogen) atoms. The van der Waals surface area contributed by atoms with Crippen molar-refractivity contribution in [3.63, 3.8) is 0 Å². The van der Waals surface area contributed by atoms with Crippen LogP contribution in [-0.4, -0.2) is 20.4 Å². The Morgan fingerprint density at radius 2 is 1.96 bits per heavy atom. The van der Waals surface area contributed by atoms with Crippen LogP contribution in [0.15, 0.2) is 47.4 Å². The molecule has 2 aromatic carbocycles. The van der Waals surface area contributed by atoms with Crippen molar-refractivity contribution >= 4 is 21.6 Å². The van der Waals surface area contributed by atoms with Gasteiger partial charge in [-0.05, 0) is 43.2 Å². The second-order valence-corrected chi connectivity index (χ2v) is 7.08. The second-order valence-electron chi connectivity index (χ2n) is 5.55. The third-order valence-electron chi connectivity index (χ3n) is 3.91. The summed E-state index contributed by atoms with van der Waals surface area (Å²) in [6, 6.07) is 10.7. The summed E-state index contributed by atoms with van der Waals surface area (Å²) < 4.78 is 36.5. The molecule has 5 nitrogen and oxygen atoms in total. The molecule has 2 N–H and O–H groups in total. The molecule has 0 unspecified atom stereocenters. The van der Waals surface area contributed by atoms with Gasteiger partial charge in [-0.15, -0.1) is 0 Å². The number of carbonyl (C=O) groups excluding carboxylic acids is 1. The first kappa shape index (κ1) is 15.6. The van der Waals surface area contributed by atoms with Gasteiger partial charge in [-0.3, -0.25) is 4.79 Å². The van der Waals surface area contributed by atoms with E-state index in [-0.39, 0.29) is 17.5 Å². The van der Waals surface area contributed by atoms with E-state index in [1.54, 1.807) is 4.90 Å². The predicted octanol–water partition coefficient (Wildman–Crippen LogP) is 2.06. The Morgan fingerprint density at radius 1 is 1.26 bits per heavy atom. The molecule has 0 fully saturated rings. The number of para-hydroxylation sites is 1. The number of primary sulfonamides is 1. The van der Waals surface area contributed by atoms with E-state index in [0.717, 1.165) is 29.8 Å². The Bertz CT molecular complexity index is 896. The molecule has 0 saturated carbocycles. The number of halogens is 1. The molecule has 0 aliphatic carbocycles. The molecule has 1 atom stereocenters. The van der Waals surface area contributed by atoms with E-state index in [9.17, 15) is 17.6 Å². The highest BCUT2D eigenvalue weighted by Crippen LogP contribution is 2.33. The monoisotopic (exact) mass is 334 g/mol. The maximum absolute atomic E-state index is 14.0. The number of nitrogens with zero attached hydrogens (tertiary/aromatic N) is 1. The van der Waals surface area contributed by atoms with Gasteiger partial charge in [0.2, 0.25) is 10.0 Å². The van der Waals surface area contributed by atoms with Crippen LogP contribution >= 0.6 is 0 Å². The summed E-state index contributed by atoms with van der Waals surface area (Å²) in [6.07, 6.45) is 0.722. The number of carbonyl (C=O) groups is 1. The Balaban J connectivity index is 2.00. The van der Waals surface area contributed by atoms with Crippen LogP contribution in [0.3, 0.4) is 0 Å². The first-order chi connectivity index (χ1) is 10.8. The Morgan fingerprint density at radius 3 is 2.61 bits per heavy atom.